The summed E-state index contributed by atoms with van der Waals surface area (Å²) in [4.78, 5) is 17.5. The number of fused-ring (bicyclic) bond motifs is 3. The second-order valence-electron chi connectivity index (χ2n) is 7.96. The van der Waals surface area contributed by atoms with Crippen LogP contribution in [-0.4, -0.2) is 26.4 Å². The van der Waals surface area contributed by atoms with Gasteiger partial charge in [-0.15, -0.1) is 0 Å². The third-order valence-electron chi connectivity index (χ3n) is 5.50. The van der Waals surface area contributed by atoms with Gasteiger partial charge in [-0.25, -0.2) is 22.5 Å². The molecule has 0 unspecified atom stereocenters. The lowest BCUT2D eigenvalue weighted by Crippen LogP contribution is -2.36. The van der Waals surface area contributed by atoms with Crippen LogP contribution in [0.2, 0.25) is 0 Å². The second-order valence-corrected chi connectivity index (χ2v) is 7.96. The van der Waals surface area contributed by atoms with E-state index in [-0.39, 0.29) is 29.9 Å². The van der Waals surface area contributed by atoms with Gasteiger partial charge in [0.2, 0.25) is 5.91 Å². The van der Waals surface area contributed by atoms with Crippen molar-refractivity contribution in [2.45, 2.75) is 38.1 Å². The molecule has 0 radical (unpaired) electrons. The molecule has 0 saturated carbocycles. The van der Waals surface area contributed by atoms with Crippen molar-refractivity contribution in [1.29, 1.82) is 0 Å². The second kappa shape index (κ2) is 8.75. The maximum Gasteiger partial charge on any atom is 0.435 e. The Morgan fingerprint density at radius 3 is 2.44 bits per heavy atom. The van der Waals surface area contributed by atoms with Crippen molar-refractivity contribution in [3.63, 3.8) is 0 Å². The molecule has 2 heterocycles. The van der Waals surface area contributed by atoms with E-state index in [1.54, 1.807) is 0 Å². The highest BCUT2D eigenvalue weighted by molar-refractivity contribution is 5.77. The fourth-order valence-electron chi connectivity index (χ4n) is 3.91. The molecule has 1 atom stereocenters. The van der Waals surface area contributed by atoms with Gasteiger partial charge in [-0.1, -0.05) is 6.07 Å². The number of hydrogen-bond donors (Lipinski definition) is 1. The van der Waals surface area contributed by atoms with E-state index in [4.69, 9.17) is 5.73 Å². The molecule has 1 aliphatic rings. The van der Waals surface area contributed by atoms with Crippen molar-refractivity contribution < 1.29 is 35.5 Å². The summed E-state index contributed by atoms with van der Waals surface area (Å²) < 4.78 is 95.9. The van der Waals surface area contributed by atoms with Gasteiger partial charge in [0, 0.05) is 25.1 Å². The van der Waals surface area contributed by atoms with Crippen molar-refractivity contribution in [2.24, 2.45) is 5.73 Å². The normalized spacial score (nSPS) is 14.4. The first kappa shape index (κ1) is 23.7. The summed E-state index contributed by atoms with van der Waals surface area (Å²) in [7, 11) is 0. The molecule has 0 aliphatic carbocycles. The Labute approximate surface area is 188 Å². The zero-order chi connectivity index (χ0) is 24.8. The number of benzene rings is 2. The van der Waals surface area contributed by atoms with Crippen LogP contribution >= 0.6 is 0 Å². The van der Waals surface area contributed by atoms with Crippen LogP contribution in [0.1, 0.15) is 28.9 Å². The van der Waals surface area contributed by atoms with Crippen LogP contribution in [0.4, 0.5) is 30.7 Å². The highest BCUT2D eigenvalue weighted by Gasteiger charge is 2.39. The number of carbonyl (C=O) groups is 1. The smallest absolute Gasteiger partial charge is 0.332 e. The van der Waals surface area contributed by atoms with Gasteiger partial charge >= 0.3 is 6.18 Å². The van der Waals surface area contributed by atoms with Crippen molar-refractivity contribution in [3.05, 3.63) is 82.4 Å². The molecule has 5 nitrogen and oxygen atoms in total. The van der Waals surface area contributed by atoms with Gasteiger partial charge in [-0.3, -0.25) is 4.79 Å². The third kappa shape index (κ3) is 4.63. The maximum atomic E-state index is 13.9. The molecule has 0 fully saturated rings. The SMILES string of the molecule is N[C@@H](CC(=O)N1Cc2ccc(F)cc2-n2cnc(C(F)(F)F)c2C1)Cc1cc(F)c(F)cc1F. The molecule has 0 spiro atoms. The average Bonchev–Trinajstić information content (AvgIpc) is 3.09. The van der Waals surface area contributed by atoms with Gasteiger partial charge in [0.25, 0.3) is 0 Å². The summed E-state index contributed by atoms with van der Waals surface area (Å²) >= 11 is 0. The van der Waals surface area contributed by atoms with E-state index < -0.39 is 60.1 Å². The quantitative estimate of drug-likeness (QED) is 0.443. The van der Waals surface area contributed by atoms with Gasteiger partial charge < -0.3 is 15.2 Å². The molecule has 4 rings (SSSR count). The van der Waals surface area contributed by atoms with E-state index in [1.165, 1.54) is 6.07 Å². The zero-order valence-electron chi connectivity index (χ0n) is 17.3. The molecule has 1 aromatic heterocycles. The number of halogens is 7. The fraction of sp³-hybridized carbons (Fsp3) is 0.273. The first-order valence-corrected chi connectivity index (χ1v) is 10.0. The molecule has 3 aromatic rings. The van der Waals surface area contributed by atoms with E-state index >= 15 is 0 Å². The fourth-order valence-corrected chi connectivity index (χ4v) is 3.91. The number of rotatable bonds is 4. The van der Waals surface area contributed by atoms with Gasteiger partial charge in [0.05, 0.1) is 17.9 Å². The van der Waals surface area contributed by atoms with Crippen molar-refractivity contribution in [1.82, 2.24) is 14.5 Å². The summed E-state index contributed by atoms with van der Waals surface area (Å²) in [5.41, 5.74) is 4.60. The topological polar surface area (TPSA) is 64.2 Å². The number of imidazole rings is 1. The van der Waals surface area contributed by atoms with E-state index in [0.717, 1.165) is 27.9 Å². The molecule has 2 aromatic carbocycles. The third-order valence-corrected chi connectivity index (χ3v) is 5.50. The summed E-state index contributed by atoms with van der Waals surface area (Å²) in [6.07, 6.45) is -4.61. The van der Waals surface area contributed by atoms with Crippen LogP contribution in [0.25, 0.3) is 5.69 Å². The average molecular weight is 486 g/mol. The van der Waals surface area contributed by atoms with E-state index in [2.05, 4.69) is 4.98 Å². The van der Waals surface area contributed by atoms with Gasteiger partial charge in [-0.2, -0.15) is 13.2 Å². The first-order chi connectivity index (χ1) is 15.9. The predicted molar refractivity (Wildman–Crippen MR) is 105 cm³/mol. The van der Waals surface area contributed by atoms with Crippen LogP contribution < -0.4 is 5.73 Å². The molecule has 1 aliphatic heterocycles. The standard InChI is InChI=1S/C22H17F7N4O/c23-13-2-1-11-8-32(9-19-21(22(27,28)29)31-10-33(19)18(11)5-13)20(34)6-14(30)3-12-4-16(25)17(26)7-15(12)24/h1-2,4-5,7,10,14H,3,6,8-9,30H2/t14-/m1/s1. The Balaban J connectivity index is 1.61. The van der Waals surface area contributed by atoms with Gasteiger partial charge in [0.15, 0.2) is 17.3 Å². The molecule has 0 bridgehead atoms. The minimum absolute atomic E-state index is 0.112. The Bertz CT molecular complexity index is 1250. The summed E-state index contributed by atoms with van der Waals surface area (Å²) in [5, 5.41) is 0. The Morgan fingerprint density at radius 1 is 1.03 bits per heavy atom. The van der Waals surface area contributed by atoms with Crippen molar-refractivity contribution >= 4 is 5.91 Å². The summed E-state index contributed by atoms with van der Waals surface area (Å²) in [6, 6.07) is 3.49. The van der Waals surface area contributed by atoms with Gasteiger partial charge in [-0.05, 0) is 35.7 Å². The molecule has 34 heavy (non-hydrogen) atoms. The molecule has 12 heteroatoms. The Morgan fingerprint density at radius 2 is 1.74 bits per heavy atom. The minimum Gasteiger partial charge on any atom is -0.332 e. The van der Waals surface area contributed by atoms with E-state index in [0.29, 0.717) is 17.7 Å². The monoisotopic (exact) mass is 486 g/mol. The molecule has 0 saturated heterocycles. The van der Waals surface area contributed by atoms with Gasteiger partial charge in [0.1, 0.15) is 18.0 Å². The number of nitrogens with two attached hydrogens (primary N) is 1. The Hall–Kier alpha value is -3.41. The van der Waals surface area contributed by atoms with Crippen LogP contribution in [0, 0.1) is 23.3 Å². The van der Waals surface area contributed by atoms with Crippen molar-refractivity contribution in [3.8, 4) is 5.69 Å². The van der Waals surface area contributed by atoms with Crippen LogP contribution in [-0.2, 0) is 30.5 Å². The largest absolute Gasteiger partial charge is 0.435 e. The highest BCUT2D eigenvalue weighted by Crippen LogP contribution is 2.35. The lowest BCUT2D eigenvalue weighted by Gasteiger charge is -2.23. The molecule has 2 N–H and O–H groups in total. The molecule has 1 amide bonds. The van der Waals surface area contributed by atoms with Crippen LogP contribution in [0.5, 0.6) is 0 Å². The summed E-state index contributed by atoms with van der Waals surface area (Å²) in [5.74, 6) is -5.02. The number of amides is 1. The Kier molecular flexibility index (Phi) is 6.11. The lowest BCUT2D eigenvalue weighted by atomic mass is 10.0. The molecular weight excluding hydrogens is 469 g/mol. The maximum absolute atomic E-state index is 13.9. The number of nitrogens with zero attached hydrogens (tertiary/aromatic N) is 3. The molecular formula is C22H17F7N4O. The predicted octanol–water partition coefficient (Wildman–Crippen LogP) is 4.25. The lowest BCUT2D eigenvalue weighted by molar-refractivity contribution is -0.143. The zero-order valence-corrected chi connectivity index (χ0v) is 17.3. The highest BCUT2D eigenvalue weighted by atomic mass is 19.4. The summed E-state index contributed by atoms with van der Waals surface area (Å²) in [6.45, 7) is -0.629. The van der Waals surface area contributed by atoms with Crippen molar-refractivity contribution in [2.75, 3.05) is 0 Å². The number of aromatic nitrogens is 2. The van der Waals surface area contributed by atoms with Crippen LogP contribution in [0.15, 0.2) is 36.7 Å². The number of hydrogen-bond acceptors (Lipinski definition) is 3. The first-order valence-electron chi connectivity index (χ1n) is 10.0. The number of alkyl halides is 3. The minimum atomic E-state index is -4.81. The van der Waals surface area contributed by atoms with E-state index in [1.807, 2.05) is 0 Å². The molecule has 180 valence electrons. The van der Waals surface area contributed by atoms with Crippen LogP contribution in [0.3, 0.4) is 0 Å². The number of carbonyl (C=O) groups excluding carboxylic acids is 1. The van der Waals surface area contributed by atoms with E-state index in [9.17, 15) is 35.5 Å².